The van der Waals surface area contributed by atoms with Crippen molar-refractivity contribution in [3.8, 4) is 0 Å². The highest BCUT2D eigenvalue weighted by Crippen LogP contribution is 2.24. The Morgan fingerprint density at radius 1 is 1.00 bits per heavy atom. The van der Waals surface area contributed by atoms with Gasteiger partial charge >= 0.3 is 0 Å². The number of fused-ring (bicyclic) bond motifs is 1. The number of nitrogens with zero attached hydrogens (tertiary/aromatic N) is 3. The molecular formula is C24H34ClN5O2. The highest BCUT2D eigenvalue weighted by Gasteiger charge is 2.16. The lowest BCUT2D eigenvalue weighted by atomic mass is 10.2. The first kappa shape index (κ1) is 24.4. The minimum Gasteiger partial charge on any atom is -0.384 e. The van der Waals surface area contributed by atoms with Gasteiger partial charge in [0.05, 0.1) is 5.52 Å². The molecule has 0 saturated carbocycles. The van der Waals surface area contributed by atoms with Crippen molar-refractivity contribution in [3.05, 3.63) is 35.5 Å². The number of carbonyl (C=O) groups excluding carboxylic acids is 2. The monoisotopic (exact) mass is 459 g/mol. The van der Waals surface area contributed by atoms with E-state index in [2.05, 4.69) is 25.4 Å². The van der Waals surface area contributed by atoms with Crippen LogP contribution in [0.15, 0.2) is 30.5 Å². The van der Waals surface area contributed by atoms with Gasteiger partial charge < -0.3 is 25.2 Å². The number of piperazine rings is 1. The molecular weight excluding hydrogens is 426 g/mol. The Bertz CT molecular complexity index is 899. The molecule has 3 rings (SSSR count). The lowest BCUT2D eigenvalue weighted by Crippen LogP contribution is -2.47. The molecule has 0 unspecified atom stereocenters. The van der Waals surface area contributed by atoms with Crippen molar-refractivity contribution in [1.29, 1.82) is 0 Å². The third-order valence-electron chi connectivity index (χ3n) is 5.81. The fraction of sp³-hybridized carbons (Fsp3) is 0.542. The van der Waals surface area contributed by atoms with Gasteiger partial charge in [-0.25, -0.2) is 0 Å². The number of anilines is 1. The van der Waals surface area contributed by atoms with Crippen LogP contribution in [0.4, 0.5) is 5.69 Å². The van der Waals surface area contributed by atoms with Crippen LogP contribution in [0.2, 0.25) is 5.02 Å². The molecule has 0 atom stereocenters. The Hall–Kier alpha value is -2.22. The molecule has 1 aliphatic heterocycles. The van der Waals surface area contributed by atoms with E-state index in [0.29, 0.717) is 24.4 Å². The predicted octanol–water partition coefficient (Wildman–Crippen LogP) is 3.18. The molecule has 7 nitrogen and oxygen atoms in total. The number of benzene rings is 1. The average molecular weight is 460 g/mol. The molecule has 1 aliphatic rings. The van der Waals surface area contributed by atoms with E-state index >= 15 is 0 Å². The van der Waals surface area contributed by atoms with Gasteiger partial charge in [-0.05, 0) is 57.1 Å². The lowest BCUT2D eigenvalue weighted by molar-refractivity contribution is -0.124. The normalized spacial score (nSPS) is 15.1. The van der Waals surface area contributed by atoms with E-state index in [9.17, 15) is 9.59 Å². The summed E-state index contributed by atoms with van der Waals surface area (Å²) in [5.41, 5.74) is 2.01. The van der Waals surface area contributed by atoms with Crippen molar-refractivity contribution in [2.45, 2.75) is 32.6 Å². The maximum Gasteiger partial charge on any atom is 0.220 e. The maximum absolute atomic E-state index is 11.6. The summed E-state index contributed by atoms with van der Waals surface area (Å²) in [6.45, 7) is 9.52. The molecule has 1 amide bonds. The first-order chi connectivity index (χ1) is 15.5. The first-order valence-electron chi connectivity index (χ1n) is 11.5. The zero-order chi connectivity index (χ0) is 22.8. The van der Waals surface area contributed by atoms with Gasteiger partial charge in [0.2, 0.25) is 5.91 Å². The maximum atomic E-state index is 11.6. The van der Waals surface area contributed by atoms with Gasteiger partial charge in [0.1, 0.15) is 5.78 Å². The van der Waals surface area contributed by atoms with E-state index in [-0.39, 0.29) is 11.7 Å². The van der Waals surface area contributed by atoms with E-state index in [1.54, 1.807) is 0 Å². The number of aromatic nitrogens is 1. The Morgan fingerprint density at radius 2 is 1.69 bits per heavy atom. The molecule has 32 heavy (non-hydrogen) atoms. The van der Waals surface area contributed by atoms with E-state index < -0.39 is 0 Å². The van der Waals surface area contributed by atoms with Crippen LogP contribution >= 0.6 is 11.6 Å². The minimum absolute atomic E-state index is 0.0257. The first-order valence-corrected chi connectivity index (χ1v) is 11.9. The highest BCUT2D eigenvalue weighted by atomic mass is 35.5. The molecule has 2 N–H and O–H groups in total. The lowest BCUT2D eigenvalue weighted by Gasteiger charge is -2.34. The summed E-state index contributed by atoms with van der Waals surface area (Å²) in [4.78, 5) is 31.9. The summed E-state index contributed by atoms with van der Waals surface area (Å²) in [5.74, 6) is 0.0345. The van der Waals surface area contributed by atoms with E-state index in [1.165, 1.54) is 6.92 Å². The topological polar surface area (TPSA) is 77.6 Å². The van der Waals surface area contributed by atoms with Gasteiger partial charge in [0, 0.05) is 74.4 Å². The number of rotatable bonds is 12. The summed E-state index contributed by atoms with van der Waals surface area (Å²) in [5, 5.41) is 8.25. The van der Waals surface area contributed by atoms with Crippen LogP contribution in [0.25, 0.3) is 10.9 Å². The SMILES string of the molecule is CC(=O)CCC(=O)NCCCN1CCN(CCCNc2ccnc3cc(Cl)ccc23)CC1. The quantitative estimate of drug-likeness (QED) is 0.475. The van der Waals surface area contributed by atoms with Gasteiger partial charge in [-0.15, -0.1) is 0 Å². The minimum atomic E-state index is -0.0257. The number of Topliss-reactive ketones (excluding diaryl/α,β-unsaturated/α-hetero) is 1. The summed E-state index contributed by atoms with van der Waals surface area (Å²) < 4.78 is 0. The highest BCUT2D eigenvalue weighted by molar-refractivity contribution is 6.31. The summed E-state index contributed by atoms with van der Waals surface area (Å²) in [6.07, 6.45) is 4.48. The van der Waals surface area contributed by atoms with Crippen molar-refractivity contribution in [2.75, 3.05) is 57.7 Å². The van der Waals surface area contributed by atoms with Crippen LogP contribution in [-0.4, -0.2) is 78.8 Å². The number of hydrogen-bond acceptors (Lipinski definition) is 6. The van der Waals surface area contributed by atoms with Crippen molar-refractivity contribution in [1.82, 2.24) is 20.1 Å². The number of ketones is 1. The molecule has 8 heteroatoms. The van der Waals surface area contributed by atoms with Crippen molar-refractivity contribution < 1.29 is 9.59 Å². The zero-order valence-electron chi connectivity index (χ0n) is 18.9. The van der Waals surface area contributed by atoms with E-state index in [4.69, 9.17) is 11.6 Å². The molecule has 1 saturated heterocycles. The molecule has 2 heterocycles. The molecule has 1 aromatic heterocycles. The van der Waals surface area contributed by atoms with Crippen LogP contribution in [0.1, 0.15) is 32.6 Å². The Balaban J connectivity index is 1.26. The predicted molar refractivity (Wildman–Crippen MR) is 130 cm³/mol. The van der Waals surface area contributed by atoms with Gasteiger partial charge in [0.15, 0.2) is 0 Å². The second-order valence-corrected chi connectivity index (χ2v) is 8.83. The van der Waals surface area contributed by atoms with Crippen LogP contribution in [0.5, 0.6) is 0 Å². The van der Waals surface area contributed by atoms with Crippen LogP contribution in [0, 0.1) is 0 Å². The van der Waals surface area contributed by atoms with Crippen molar-refractivity contribution in [3.63, 3.8) is 0 Å². The van der Waals surface area contributed by atoms with E-state index in [1.807, 2.05) is 30.5 Å². The van der Waals surface area contributed by atoms with Crippen molar-refractivity contribution in [2.24, 2.45) is 0 Å². The van der Waals surface area contributed by atoms with E-state index in [0.717, 1.165) is 75.2 Å². The number of hydrogen-bond donors (Lipinski definition) is 2. The molecule has 1 aromatic carbocycles. The number of pyridine rings is 1. The molecule has 174 valence electrons. The Morgan fingerprint density at radius 3 is 2.38 bits per heavy atom. The molecule has 0 radical (unpaired) electrons. The fourth-order valence-corrected chi connectivity index (χ4v) is 4.11. The second kappa shape index (κ2) is 12.7. The zero-order valence-corrected chi connectivity index (χ0v) is 19.7. The standard InChI is InChI=1S/C24H34ClN5O2/c1-19(31)4-7-24(32)28-10-3-13-30-16-14-29(15-17-30)12-2-9-26-22-8-11-27-23-18-20(25)5-6-21(22)23/h5-6,8,11,18H,2-4,7,9-10,12-17H2,1H3,(H,26,27)(H,28,32). The molecule has 2 aromatic rings. The summed E-state index contributed by atoms with van der Waals surface area (Å²) in [7, 11) is 0. The van der Waals surface area contributed by atoms with Gasteiger partial charge in [-0.2, -0.15) is 0 Å². The molecule has 0 bridgehead atoms. The van der Waals surface area contributed by atoms with Gasteiger partial charge in [-0.3, -0.25) is 9.78 Å². The summed E-state index contributed by atoms with van der Waals surface area (Å²) >= 11 is 6.07. The number of nitrogens with one attached hydrogen (secondary N) is 2. The second-order valence-electron chi connectivity index (χ2n) is 8.39. The average Bonchev–Trinajstić information content (AvgIpc) is 2.79. The number of halogens is 1. The van der Waals surface area contributed by atoms with Crippen LogP contribution in [-0.2, 0) is 9.59 Å². The Kier molecular flexibility index (Phi) is 9.71. The van der Waals surface area contributed by atoms with Crippen molar-refractivity contribution >= 4 is 39.9 Å². The molecule has 1 fully saturated rings. The third-order valence-corrected chi connectivity index (χ3v) is 6.05. The fourth-order valence-electron chi connectivity index (χ4n) is 3.95. The smallest absolute Gasteiger partial charge is 0.220 e. The Labute approximate surface area is 195 Å². The largest absolute Gasteiger partial charge is 0.384 e. The van der Waals surface area contributed by atoms with Gasteiger partial charge in [0.25, 0.3) is 0 Å². The third kappa shape index (κ3) is 8.04. The van der Waals surface area contributed by atoms with Crippen LogP contribution < -0.4 is 10.6 Å². The molecule has 0 aliphatic carbocycles. The van der Waals surface area contributed by atoms with Gasteiger partial charge in [-0.1, -0.05) is 11.6 Å². The molecule has 0 spiro atoms. The van der Waals surface area contributed by atoms with Crippen LogP contribution in [0.3, 0.4) is 0 Å². The summed E-state index contributed by atoms with van der Waals surface area (Å²) in [6, 6.07) is 7.83. The number of amides is 1. The number of carbonyl (C=O) groups is 2.